The fraction of sp³-hybridized carbons (Fsp3) is 0.118. The molecular weight excluding hydrogens is 298 g/mol. The Hall–Kier alpha value is -2.46. The van der Waals surface area contributed by atoms with E-state index in [0.717, 1.165) is 22.8 Å². The highest BCUT2D eigenvalue weighted by atomic mass is 35.5. The highest BCUT2D eigenvalue weighted by Crippen LogP contribution is 2.24. The van der Waals surface area contributed by atoms with Crippen molar-refractivity contribution in [2.24, 2.45) is 7.05 Å². The predicted octanol–water partition coefficient (Wildman–Crippen LogP) is 4.06. The van der Waals surface area contributed by atoms with Crippen LogP contribution in [0.15, 0.2) is 54.7 Å². The van der Waals surface area contributed by atoms with E-state index in [0.29, 0.717) is 11.6 Å². The Morgan fingerprint density at radius 2 is 2.00 bits per heavy atom. The largest absolute Gasteiger partial charge is 0.508 e. The van der Waals surface area contributed by atoms with Crippen LogP contribution in [0.1, 0.15) is 5.56 Å². The monoisotopic (exact) mass is 313 g/mol. The molecule has 0 amide bonds. The van der Waals surface area contributed by atoms with Crippen LogP contribution >= 0.6 is 11.6 Å². The molecule has 0 bridgehead atoms. The van der Waals surface area contributed by atoms with Gasteiger partial charge in [-0.2, -0.15) is 0 Å². The molecule has 1 aromatic heterocycles. The van der Waals surface area contributed by atoms with Crippen molar-refractivity contribution in [3.63, 3.8) is 0 Å². The van der Waals surface area contributed by atoms with Crippen molar-refractivity contribution in [1.29, 1.82) is 0 Å². The van der Waals surface area contributed by atoms with Gasteiger partial charge in [0.25, 0.3) is 0 Å². The summed E-state index contributed by atoms with van der Waals surface area (Å²) in [6.07, 6.45) is 1.82. The molecule has 0 saturated heterocycles. The van der Waals surface area contributed by atoms with Gasteiger partial charge in [0.2, 0.25) is 5.95 Å². The van der Waals surface area contributed by atoms with Gasteiger partial charge in [-0.3, -0.25) is 0 Å². The van der Waals surface area contributed by atoms with Gasteiger partial charge in [0.05, 0.1) is 11.9 Å². The van der Waals surface area contributed by atoms with Gasteiger partial charge in [0.1, 0.15) is 5.75 Å². The minimum absolute atomic E-state index is 0.263. The lowest BCUT2D eigenvalue weighted by atomic mass is 10.2. The van der Waals surface area contributed by atoms with Gasteiger partial charge in [0, 0.05) is 24.2 Å². The Kier molecular flexibility index (Phi) is 4.02. The summed E-state index contributed by atoms with van der Waals surface area (Å²) in [5, 5.41) is 13.5. The molecule has 22 heavy (non-hydrogen) atoms. The zero-order valence-electron chi connectivity index (χ0n) is 12.1. The molecule has 5 heteroatoms. The van der Waals surface area contributed by atoms with Gasteiger partial charge in [-0.25, -0.2) is 4.98 Å². The third-order valence-corrected chi connectivity index (χ3v) is 3.70. The minimum atomic E-state index is 0.263. The standard InChI is InChI=1S/C17H16ClN3O/c1-21-16(13-5-3-6-14(18)9-13)11-20-17(21)19-10-12-4-2-7-15(22)8-12/h2-9,11,22H,10H2,1H3,(H,19,20). The quantitative estimate of drug-likeness (QED) is 0.763. The van der Waals surface area contributed by atoms with Crippen molar-refractivity contribution < 1.29 is 5.11 Å². The molecule has 112 valence electrons. The summed E-state index contributed by atoms with van der Waals surface area (Å²) >= 11 is 6.04. The number of anilines is 1. The summed E-state index contributed by atoms with van der Waals surface area (Å²) in [5.41, 5.74) is 3.00. The molecule has 0 spiro atoms. The number of phenols is 1. The second-order valence-electron chi connectivity index (χ2n) is 5.06. The van der Waals surface area contributed by atoms with E-state index in [2.05, 4.69) is 10.3 Å². The van der Waals surface area contributed by atoms with Crippen LogP contribution in [0.5, 0.6) is 5.75 Å². The zero-order chi connectivity index (χ0) is 15.5. The molecule has 0 aliphatic carbocycles. The number of hydrogen-bond donors (Lipinski definition) is 2. The molecule has 0 fully saturated rings. The van der Waals surface area contributed by atoms with E-state index in [1.807, 2.05) is 54.2 Å². The van der Waals surface area contributed by atoms with Crippen molar-refractivity contribution in [3.8, 4) is 17.0 Å². The van der Waals surface area contributed by atoms with Gasteiger partial charge in [-0.05, 0) is 29.8 Å². The average molecular weight is 314 g/mol. The lowest BCUT2D eigenvalue weighted by molar-refractivity contribution is 0.474. The van der Waals surface area contributed by atoms with Crippen molar-refractivity contribution >= 4 is 17.5 Å². The van der Waals surface area contributed by atoms with E-state index in [-0.39, 0.29) is 5.75 Å². The van der Waals surface area contributed by atoms with E-state index < -0.39 is 0 Å². The summed E-state index contributed by atoms with van der Waals surface area (Å²) < 4.78 is 1.98. The maximum atomic E-state index is 9.48. The number of benzene rings is 2. The van der Waals surface area contributed by atoms with Crippen LogP contribution in [-0.2, 0) is 13.6 Å². The number of hydrogen-bond acceptors (Lipinski definition) is 3. The van der Waals surface area contributed by atoms with Crippen LogP contribution < -0.4 is 5.32 Å². The number of nitrogens with zero attached hydrogens (tertiary/aromatic N) is 2. The Balaban J connectivity index is 1.79. The van der Waals surface area contributed by atoms with E-state index in [9.17, 15) is 5.11 Å². The molecular formula is C17H16ClN3O. The molecule has 2 N–H and O–H groups in total. The van der Waals surface area contributed by atoms with Gasteiger partial charge in [-0.15, -0.1) is 0 Å². The summed E-state index contributed by atoms with van der Waals surface area (Å²) in [7, 11) is 1.95. The summed E-state index contributed by atoms with van der Waals surface area (Å²) in [5.74, 6) is 1.03. The predicted molar refractivity (Wildman–Crippen MR) is 89.1 cm³/mol. The molecule has 4 nitrogen and oxygen atoms in total. The molecule has 0 aliphatic rings. The van der Waals surface area contributed by atoms with E-state index in [4.69, 9.17) is 11.6 Å². The first kappa shape index (κ1) is 14.5. The fourth-order valence-electron chi connectivity index (χ4n) is 2.34. The molecule has 2 aromatic carbocycles. The van der Waals surface area contributed by atoms with Crippen LogP contribution in [0, 0.1) is 0 Å². The number of aromatic nitrogens is 2. The average Bonchev–Trinajstić information content (AvgIpc) is 2.86. The molecule has 0 saturated carbocycles. The summed E-state index contributed by atoms with van der Waals surface area (Å²) in [6.45, 7) is 0.592. The van der Waals surface area contributed by atoms with E-state index in [1.165, 1.54) is 0 Å². The number of imidazole rings is 1. The third kappa shape index (κ3) is 3.07. The maximum Gasteiger partial charge on any atom is 0.203 e. The SMILES string of the molecule is Cn1c(-c2cccc(Cl)c2)cnc1NCc1cccc(O)c1. The van der Waals surface area contributed by atoms with Gasteiger partial charge in [-0.1, -0.05) is 35.9 Å². The first-order valence-corrected chi connectivity index (χ1v) is 7.31. The Morgan fingerprint density at radius 3 is 2.77 bits per heavy atom. The normalized spacial score (nSPS) is 10.6. The molecule has 3 rings (SSSR count). The van der Waals surface area contributed by atoms with Crippen LogP contribution in [0.2, 0.25) is 5.02 Å². The topological polar surface area (TPSA) is 50.1 Å². The van der Waals surface area contributed by atoms with Crippen molar-refractivity contribution in [1.82, 2.24) is 9.55 Å². The zero-order valence-corrected chi connectivity index (χ0v) is 12.9. The second-order valence-corrected chi connectivity index (χ2v) is 5.50. The van der Waals surface area contributed by atoms with E-state index >= 15 is 0 Å². The molecule has 1 heterocycles. The van der Waals surface area contributed by atoms with Crippen molar-refractivity contribution in [2.45, 2.75) is 6.54 Å². The first-order valence-electron chi connectivity index (χ1n) is 6.93. The molecule has 3 aromatic rings. The highest BCUT2D eigenvalue weighted by molar-refractivity contribution is 6.30. The molecule has 0 unspecified atom stereocenters. The van der Waals surface area contributed by atoms with Gasteiger partial charge >= 0.3 is 0 Å². The third-order valence-electron chi connectivity index (χ3n) is 3.47. The maximum absolute atomic E-state index is 9.48. The van der Waals surface area contributed by atoms with Gasteiger partial charge < -0.3 is 15.0 Å². The number of rotatable bonds is 4. The van der Waals surface area contributed by atoms with Gasteiger partial charge in [0.15, 0.2) is 0 Å². The molecule has 0 aliphatic heterocycles. The highest BCUT2D eigenvalue weighted by Gasteiger charge is 2.08. The van der Waals surface area contributed by atoms with Crippen LogP contribution in [0.4, 0.5) is 5.95 Å². The van der Waals surface area contributed by atoms with Crippen molar-refractivity contribution in [3.05, 3.63) is 65.3 Å². The summed E-state index contributed by atoms with van der Waals surface area (Å²) in [6, 6.07) is 14.8. The Morgan fingerprint density at radius 1 is 1.18 bits per heavy atom. The van der Waals surface area contributed by atoms with Crippen LogP contribution in [0.3, 0.4) is 0 Å². The Labute approximate surface area is 134 Å². The number of nitrogens with one attached hydrogen (secondary N) is 1. The lowest BCUT2D eigenvalue weighted by Gasteiger charge is -2.09. The second kappa shape index (κ2) is 6.12. The smallest absolute Gasteiger partial charge is 0.203 e. The van der Waals surface area contributed by atoms with Crippen LogP contribution in [0.25, 0.3) is 11.3 Å². The lowest BCUT2D eigenvalue weighted by Crippen LogP contribution is -2.05. The first-order chi connectivity index (χ1) is 10.6. The Bertz CT molecular complexity index is 798. The van der Waals surface area contributed by atoms with E-state index in [1.54, 1.807) is 12.1 Å². The fourth-order valence-corrected chi connectivity index (χ4v) is 2.53. The minimum Gasteiger partial charge on any atom is -0.508 e. The van der Waals surface area contributed by atoms with Crippen LogP contribution in [-0.4, -0.2) is 14.7 Å². The number of aromatic hydroxyl groups is 1. The number of halogens is 1. The summed E-state index contributed by atoms with van der Waals surface area (Å²) in [4.78, 5) is 4.41. The molecule has 0 atom stereocenters. The molecule has 0 radical (unpaired) electrons. The van der Waals surface area contributed by atoms with Crippen molar-refractivity contribution in [2.75, 3.05) is 5.32 Å². The number of phenolic OH excluding ortho intramolecular Hbond substituents is 1.